The number of likely N-dealkylation sites (tertiary alicyclic amines) is 1. The van der Waals surface area contributed by atoms with E-state index in [4.69, 9.17) is 9.47 Å². The van der Waals surface area contributed by atoms with Crippen molar-refractivity contribution in [2.45, 2.75) is 38.2 Å². The van der Waals surface area contributed by atoms with Gasteiger partial charge in [-0.1, -0.05) is 18.2 Å². The van der Waals surface area contributed by atoms with Crippen LogP contribution in [0.2, 0.25) is 0 Å². The molecule has 1 heterocycles. The fourth-order valence-electron chi connectivity index (χ4n) is 2.78. The molecule has 0 spiro atoms. The van der Waals surface area contributed by atoms with Gasteiger partial charge in [-0.05, 0) is 12.1 Å². The molecule has 1 saturated heterocycles. The first-order valence-corrected chi connectivity index (χ1v) is 7.84. The molecule has 1 aromatic rings. The summed E-state index contributed by atoms with van der Waals surface area (Å²) in [6.07, 6.45) is -3.91. The Morgan fingerprint density at radius 3 is 2.32 bits per heavy atom. The lowest BCUT2D eigenvalue weighted by molar-refractivity contribution is -0.180. The highest BCUT2D eigenvalue weighted by atomic mass is 16.6. The van der Waals surface area contributed by atoms with E-state index in [9.17, 15) is 24.6 Å². The summed E-state index contributed by atoms with van der Waals surface area (Å²) in [5.74, 6) is -1.69. The number of hydrogen-bond acceptors (Lipinski definition) is 7. The Morgan fingerprint density at radius 2 is 1.76 bits per heavy atom. The normalized spacial score (nSPS) is 26.0. The van der Waals surface area contributed by atoms with E-state index < -0.39 is 42.2 Å². The van der Waals surface area contributed by atoms with E-state index in [0.29, 0.717) is 5.56 Å². The van der Waals surface area contributed by atoms with Gasteiger partial charge in [0, 0.05) is 19.4 Å². The van der Waals surface area contributed by atoms with Crippen molar-refractivity contribution in [3.05, 3.63) is 35.9 Å². The van der Waals surface area contributed by atoms with Crippen LogP contribution >= 0.6 is 0 Å². The van der Waals surface area contributed by atoms with E-state index in [1.807, 2.05) is 0 Å². The van der Waals surface area contributed by atoms with Crippen molar-refractivity contribution in [3.8, 4) is 0 Å². The van der Waals surface area contributed by atoms with Crippen LogP contribution in [0.15, 0.2) is 30.3 Å². The Hall–Kier alpha value is -2.45. The number of nitrogens with zero attached hydrogens (tertiary/aromatic N) is 1. The Kier molecular flexibility index (Phi) is 6.11. The predicted molar refractivity (Wildman–Crippen MR) is 85.5 cm³/mol. The zero-order valence-corrected chi connectivity index (χ0v) is 14.0. The van der Waals surface area contributed by atoms with Crippen molar-refractivity contribution in [3.63, 3.8) is 0 Å². The van der Waals surface area contributed by atoms with Gasteiger partial charge in [-0.15, -0.1) is 0 Å². The predicted octanol–water partition coefficient (Wildman–Crippen LogP) is -0.272. The number of rotatable bonds is 4. The monoisotopic (exact) mass is 351 g/mol. The Labute approximate surface area is 144 Å². The van der Waals surface area contributed by atoms with E-state index in [0.717, 1.165) is 6.92 Å². The van der Waals surface area contributed by atoms with Gasteiger partial charge in [-0.25, -0.2) is 0 Å². The molecule has 0 bridgehead atoms. The Morgan fingerprint density at radius 1 is 1.12 bits per heavy atom. The summed E-state index contributed by atoms with van der Waals surface area (Å²) in [4.78, 5) is 36.6. The fourth-order valence-corrected chi connectivity index (χ4v) is 2.78. The van der Waals surface area contributed by atoms with E-state index in [2.05, 4.69) is 0 Å². The lowest BCUT2D eigenvalue weighted by Crippen LogP contribution is -2.65. The zero-order chi connectivity index (χ0) is 18.6. The van der Waals surface area contributed by atoms with Gasteiger partial charge in [0.1, 0.15) is 24.9 Å². The van der Waals surface area contributed by atoms with Gasteiger partial charge in [0.25, 0.3) is 5.91 Å². The summed E-state index contributed by atoms with van der Waals surface area (Å²) in [6.45, 7) is 1.91. The third-order valence-corrected chi connectivity index (χ3v) is 3.94. The third-order valence-electron chi connectivity index (χ3n) is 3.94. The summed E-state index contributed by atoms with van der Waals surface area (Å²) in [5, 5.41) is 20.3. The number of benzene rings is 1. The van der Waals surface area contributed by atoms with Crippen LogP contribution < -0.4 is 0 Å². The third kappa shape index (κ3) is 4.55. The number of aliphatic hydroxyl groups is 2. The number of esters is 2. The molecule has 2 N–H and O–H groups in total. The molecule has 0 aliphatic carbocycles. The smallest absolute Gasteiger partial charge is 0.303 e. The number of hydrogen-bond donors (Lipinski definition) is 2. The van der Waals surface area contributed by atoms with Crippen LogP contribution in [0.25, 0.3) is 0 Å². The largest absolute Gasteiger partial charge is 0.464 e. The number of carbonyl (C=O) groups excluding carboxylic acids is 3. The van der Waals surface area contributed by atoms with Crippen LogP contribution in [-0.2, 0) is 19.1 Å². The highest BCUT2D eigenvalue weighted by Gasteiger charge is 2.46. The number of aliphatic hydroxyl groups excluding tert-OH is 2. The van der Waals surface area contributed by atoms with Crippen molar-refractivity contribution >= 4 is 17.8 Å². The maximum Gasteiger partial charge on any atom is 0.303 e. The average molecular weight is 351 g/mol. The highest BCUT2D eigenvalue weighted by molar-refractivity contribution is 5.94. The molecule has 136 valence electrons. The Balaban J connectivity index is 2.33. The highest BCUT2D eigenvalue weighted by Crippen LogP contribution is 2.24. The lowest BCUT2D eigenvalue weighted by atomic mass is 9.93. The van der Waals surface area contributed by atoms with Crippen molar-refractivity contribution in [2.75, 3.05) is 13.2 Å². The maximum absolute atomic E-state index is 12.8. The van der Waals surface area contributed by atoms with Crippen LogP contribution in [0.4, 0.5) is 0 Å². The maximum atomic E-state index is 12.8. The van der Waals surface area contributed by atoms with Gasteiger partial charge in [0.15, 0.2) is 6.10 Å². The van der Waals surface area contributed by atoms with Crippen LogP contribution in [-0.4, -0.2) is 70.5 Å². The van der Waals surface area contributed by atoms with Gasteiger partial charge in [-0.3, -0.25) is 14.4 Å². The van der Waals surface area contributed by atoms with Crippen LogP contribution in [0.1, 0.15) is 24.2 Å². The molecule has 1 aromatic carbocycles. The van der Waals surface area contributed by atoms with Crippen molar-refractivity contribution in [2.24, 2.45) is 0 Å². The molecule has 0 saturated carbocycles. The first-order chi connectivity index (χ1) is 11.8. The van der Waals surface area contributed by atoms with Crippen molar-refractivity contribution in [1.29, 1.82) is 0 Å². The minimum Gasteiger partial charge on any atom is -0.464 e. The van der Waals surface area contributed by atoms with Crippen molar-refractivity contribution in [1.82, 2.24) is 4.90 Å². The molecule has 0 unspecified atom stereocenters. The number of amides is 1. The summed E-state index contributed by atoms with van der Waals surface area (Å²) >= 11 is 0. The second-order valence-corrected chi connectivity index (χ2v) is 5.83. The molecule has 4 atom stereocenters. The Bertz CT molecular complexity index is 633. The molecular weight excluding hydrogens is 330 g/mol. The number of piperidine rings is 1. The standard InChI is InChI=1S/C17H21NO7/c1-10(19)24-9-13-16(25-11(2)20)15(22)14(21)8-18(13)17(23)12-6-4-3-5-7-12/h3-7,13-16,21-22H,8-9H2,1-2H3/t13-,14-,15-,16-/m1/s1. The van der Waals surface area contributed by atoms with E-state index in [1.54, 1.807) is 30.3 Å². The summed E-state index contributed by atoms with van der Waals surface area (Å²) in [5.41, 5.74) is 0.362. The average Bonchev–Trinajstić information content (AvgIpc) is 2.57. The molecule has 8 heteroatoms. The number of carbonyl (C=O) groups is 3. The van der Waals surface area contributed by atoms with Crippen molar-refractivity contribution < 1.29 is 34.1 Å². The quantitative estimate of drug-likeness (QED) is 0.718. The summed E-state index contributed by atoms with van der Waals surface area (Å²) < 4.78 is 10.1. The molecule has 1 amide bonds. The fraction of sp³-hybridized carbons (Fsp3) is 0.471. The van der Waals surface area contributed by atoms with Gasteiger partial charge < -0.3 is 24.6 Å². The minimum absolute atomic E-state index is 0.182. The van der Waals surface area contributed by atoms with Crippen LogP contribution in [0.5, 0.6) is 0 Å². The summed E-state index contributed by atoms with van der Waals surface area (Å²) in [7, 11) is 0. The molecule has 25 heavy (non-hydrogen) atoms. The van der Waals surface area contributed by atoms with Gasteiger partial charge in [-0.2, -0.15) is 0 Å². The van der Waals surface area contributed by atoms with Gasteiger partial charge >= 0.3 is 11.9 Å². The van der Waals surface area contributed by atoms with Gasteiger partial charge in [0.2, 0.25) is 0 Å². The summed E-state index contributed by atoms with van der Waals surface area (Å²) in [6, 6.07) is 7.41. The zero-order valence-electron chi connectivity index (χ0n) is 14.0. The molecule has 1 aliphatic rings. The molecule has 8 nitrogen and oxygen atoms in total. The molecular formula is C17H21NO7. The molecule has 2 rings (SSSR count). The van der Waals surface area contributed by atoms with E-state index in [1.165, 1.54) is 11.8 Å². The molecule has 1 aliphatic heterocycles. The van der Waals surface area contributed by atoms with Gasteiger partial charge in [0.05, 0.1) is 6.54 Å². The van der Waals surface area contributed by atoms with E-state index >= 15 is 0 Å². The molecule has 0 radical (unpaired) electrons. The first kappa shape index (κ1) is 18.9. The van der Waals surface area contributed by atoms with Crippen LogP contribution in [0, 0.1) is 0 Å². The lowest BCUT2D eigenvalue weighted by Gasteiger charge is -2.44. The second kappa shape index (κ2) is 8.09. The SMILES string of the molecule is CC(=O)OC[C@@H]1[C@@H](OC(C)=O)[C@H](O)[C@H](O)CN1C(=O)c1ccccc1. The molecule has 0 aromatic heterocycles. The van der Waals surface area contributed by atoms with E-state index in [-0.39, 0.29) is 13.2 Å². The number of ether oxygens (including phenoxy) is 2. The topological polar surface area (TPSA) is 113 Å². The minimum atomic E-state index is -1.40. The first-order valence-electron chi connectivity index (χ1n) is 7.84. The van der Waals surface area contributed by atoms with Crippen LogP contribution in [0.3, 0.4) is 0 Å². The number of β-amino-alcohol motifs (C(OH)–C–C–N with tert-alkyl or cyclic N) is 1. The molecule has 1 fully saturated rings. The second-order valence-electron chi connectivity index (χ2n) is 5.83.